The molecule has 0 radical (unpaired) electrons. The number of halogens is 3. The fourth-order valence-corrected chi connectivity index (χ4v) is 2.70. The minimum atomic E-state index is -2.49. The van der Waals surface area contributed by atoms with Crippen molar-refractivity contribution in [2.24, 2.45) is 4.99 Å². The molecule has 0 amide bonds. The van der Waals surface area contributed by atoms with Crippen molar-refractivity contribution in [2.45, 2.75) is 39.2 Å². The number of carbonyl (C=O) groups is 1. The van der Waals surface area contributed by atoms with Gasteiger partial charge in [0.2, 0.25) is 6.43 Å². The SMILES string of the molecule is CCC(CC(F)F)N=C(c1cccc(F)c1)c1ccc(C(=O)O)cc1C. The first kappa shape index (κ1) is 19.7. The van der Waals surface area contributed by atoms with Crippen molar-refractivity contribution >= 4 is 11.7 Å². The molecule has 0 aromatic heterocycles. The Morgan fingerprint density at radius 3 is 2.42 bits per heavy atom. The molecule has 0 aliphatic rings. The van der Waals surface area contributed by atoms with E-state index in [1.54, 1.807) is 26.0 Å². The molecule has 2 rings (SSSR count). The summed E-state index contributed by atoms with van der Waals surface area (Å²) >= 11 is 0. The molecule has 1 N–H and O–H groups in total. The average molecular weight is 363 g/mol. The quantitative estimate of drug-likeness (QED) is 0.696. The third-order valence-corrected chi connectivity index (χ3v) is 4.06. The number of aromatic carboxylic acids is 1. The van der Waals surface area contributed by atoms with E-state index in [0.717, 1.165) is 0 Å². The van der Waals surface area contributed by atoms with E-state index in [4.69, 9.17) is 5.11 Å². The highest BCUT2D eigenvalue weighted by atomic mass is 19.3. The van der Waals surface area contributed by atoms with E-state index in [-0.39, 0.29) is 12.0 Å². The highest BCUT2D eigenvalue weighted by Gasteiger charge is 2.17. The number of hydrogen-bond acceptors (Lipinski definition) is 2. The Balaban J connectivity index is 2.59. The second-order valence-corrected chi connectivity index (χ2v) is 6.01. The normalized spacial score (nSPS) is 13.1. The van der Waals surface area contributed by atoms with Crippen molar-refractivity contribution in [3.05, 3.63) is 70.5 Å². The first-order valence-corrected chi connectivity index (χ1v) is 8.28. The number of carboxylic acid groups (broad SMARTS) is 1. The predicted molar refractivity (Wildman–Crippen MR) is 94.9 cm³/mol. The lowest BCUT2D eigenvalue weighted by atomic mass is 9.95. The summed E-state index contributed by atoms with van der Waals surface area (Å²) in [6.45, 7) is 3.48. The van der Waals surface area contributed by atoms with Gasteiger partial charge in [0.05, 0.1) is 17.3 Å². The van der Waals surface area contributed by atoms with E-state index in [1.807, 2.05) is 0 Å². The van der Waals surface area contributed by atoms with Gasteiger partial charge in [-0.25, -0.2) is 18.0 Å². The first-order chi connectivity index (χ1) is 12.3. The Morgan fingerprint density at radius 1 is 1.15 bits per heavy atom. The number of alkyl halides is 2. The summed E-state index contributed by atoms with van der Waals surface area (Å²) in [6, 6.07) is 9.63. The zero-order valence-electron chi connectivity index (χ0n) is 14.5. The molecule has 0 saturated carbocycles. The standard InChI is InChI=1S/C20H20F3NO2/c1-3-16(11-18(22)23)24-19(13-5-4-6-15(21)10-13)17-8-7-14(20(25)26)9-12(17)2/h4-10,16,18H,3,11H2,1-2H3,(H,25,26). The van der Waals surface area contributed by atoms with Crippen molar-refractivity contribution in [1.82, 2.24) is 0 Å². The zero-order chi connectivity index (χ0) is 19.3. The summed E-state index contributed by atoms with van der Waals surface area (Å²) in [5.41, 5.74) is 2.17. The van der Waals surface area contributed by atoms with Crippen molar-refractivity contribution in [1.29, 1.82) is 0 Å². The van der Waals surface area contributed by atoms with Crippen LogP contribution in [0.25, 0.3) is 0 Å². The third-order valence-electron chi connectivity index (χ3n) is 4.06. The molecule has 0 heterocycles. The zero-order valence-corrected chi connectivity index (χ0v) is 14.5. The summed E-state index contributed by atoms with van der Waals surface area (Å²) in [4.78, 5) is 15.6. The number of nitrogens with zero attached hydrogens (tertiary/aromatic N) is 1. The van der Waals surface area contributed by atoms with E-state index in [0.29, 0.717) is 28.8 Å². The molecule has 0 aliphatic carbocycles. The first-order valence-electron chi connectivity index (χ1n) is 8.28. The molecular formula is C20H20F3NO2. The van der Waals surface area contributed by atoms with E-state index in [2.05, 4.69) is 4.99 Å². The van der Waals surface area contributed by atoms with Gasteiger partial charge in [0.15, 0.2) is 0 Å². The molecule has 0 saturated heterocycles. The van der Waals surface area contributed by atoms with Gasteiger partial charge in [-0.05, 0) is 43.2 Å². The highest BCUT2D eigenvalue weighted by molar-refractivity contribution is 6.14. The van der Waals surface area contributed by atoms with Crippen molar-refractivity contribution in [3.8, 4) is 0 Å². The van der Waals surface area contributed by atoms with E-state index >= 15 is 0 Å². The fourth-order valence-electron chi connectivity index (χ4n) is 2.70. The molecule has 3 nitrogen and oxygen atoms in total. The Labute approximate surface area is 150 Å². The maximum absolute atomic E-state index is 13.7. The average Bonchev–Trinajstić information content (AvgIpc) is 2.58. The highest BCUT2D eigenvalue weighted by Crippen LogP contribution is 2.21. The number of rotatable bonds is 7. The van der Waals surface area contributed by atoms with Crippen LogP contribution in [-0.2, 0) is 0 Å². The van der Waals surface area contributed by atoms with E-state index in [9.17, 15) is 18.0 Å². The molecular weight excluding hydrogens is 343 g/mol. The van der Waals surface area contributed by atoms with Gasteiger partial charge >= 0.3 is 5.97 Å². The van der Waals surface area contributed by atoms with Crippen LogP contribution in [0.5, 0.6) is 0 Å². The second kappa shape index (κ2) is 8.65. The van der Waals surface area contributed by atoms with Crippen LogP contribution in [0.1, 0.15) is 46.8 Å². The van der Waals surface area contributed by atoms with Crippen LogP contribution in [0, 0.1) is 12.7 Å². The minimum absolute atomic E-state index is 0.115. The molecule has 0 bridgehead atoms. The molecule has 2 aromatic carbocycles. The third kappa shape index (κ3) is 4.94. The summed E-state index contributed by atoms with van der Waals surface area (Å²) in [7, 11) is 0. The van der Waals surface area contributed by atoms with Gasteiger partial charge in [-0.2, -0.15) is 0 Å². The molecule has 0 spiro atoms. The van der Waals surface area contributed by atoms with Crippen LogP contribution in [-0.4, -0.2) is 29.3 Å². The topological polar surface area (TPSA) is 49.7 Å². The summed E-state index contributed by atoms with van der Waals surface area (Å²) in [5, 5.41) is 9.11. The van der Waals surface area contributed by atoms with Crippen molar-refractivity contribution in [3.63, 3.8) is 0 Å². The van der Waals surface area contributed by atoms with Crippen LogP contribution in [0.15, 0.2) is 47.5 Å². The van der Waals surface area contributed by atoms with Crippen LogP contribution >= 0.6 is 0 Å². The van der Waals surface area contributed by atoms with Gasteiger partial charge in [-0.1, -0.05) is 25.1 Å². The van der Waals surface area contributed by atoms with Gasteiger partial charge in [-0.3, -0.25) is 4.99 Å². The van der Waals surface area contributed by atoms with E-state index < -0.39 is 24.3 Å². The predicted octanol–water partition coefficient (Wildman–Crippen LogP) is 5.10. The van der Waals surface area contributed by atoms with Crippen molar-refractivity contribution in [2.75, 3.05) is 0 Å². The summed E-state index contributed by atoms with van der Waals surface area (Å²) in [6.07, 6.45) is -2.47. The smallest absolute Gasteiger partial charge is 0.335 e. The Kier molecular flexibility index (Phi) is 6.55. The van der Waals surface area contributed by atoms with Crippen LogP contribution in [0.2, 0.25) is 0 Å². The van der Waals surface area contributed by atoms with E-state index in [1.165, 1.54) is 30.3 Å². The molecule has 6 heteroatoms. The Bertz CT molecular complexity index is 818. The number of carboxylic acids is 1. The lowest BCUT2D eigenvalue weighted by Gasteiger charge is -2.16. The van der Waals surface area contributed by atoms with Gasteiger partial charge in [0.1, 0.15) is 5.82 Å². The number of aliphatic imine (C=N–C) groups is 1. The second-order valence-electron chi connectivity index (χ2n) is 6.01. The van der Waals surface area contributed by atoms with Crippen LogP contribution in [0.3, 0.4) is 0 Å². The number of benzene rings is 2. The van der Waals surface area contributed by atoms with Crippen LogP contribution in [0.4, 0.5) is 13.2 Å². The van der Waals surface area contributed by atoms with Crippen molar-refractivity contribution < 1.29 is 23.1 Å². The maximum atomic E-state index is 13.7. The van der Waals surface area contributed by atoms with Gasteiger partial charge in [0, 0.05) is 17.5 Å². The maximum Gasteiger partial charge on any atom is 0.335 e. The summed E-state index contributed by atoms with van der Waals surface area (Å²) in [5.74, 6) is -1.52. The Hall–Kier alpha value is -2.63. The van der Waals surface area contributed by atoms with Gasteiger partial charge in [0.25, 0.3) is 0 Å². The monoisotopic (exact) mass is 363 g/mol. The molecule has 138 valence electrons. The molecule has 1 unspecified atom stereocenters. The lowest BCUT2D eigenvalue weighted by molar-refractivity contribution is 0.0696. The summed E-state index contributed by atoms with van der Waals surface area (Å²) < 4.78 is 39.3. The molecule has 0 aliphatic heterocycles. The van der Waals surface area contributed by atoms with Gasteiger partial charge in [-0.15, -0.1) is 0 Å². The largest absolute Gasteiger partial charge is 0.478 e. The fraction of sp³-hybridized carbons (Fsp3) is 0.300. The molecule has 26 heavy (non-hydrogen) atoms. The van der Waals surface area contributed by atoms with Gasteiger partial charge < -0.3 is 5.11 Å². The Morgan fingerprint density at radius 2 is 1.88 bits per heavy atom. The minimum Gasteiger partial charge on any atom is -0.478 e. The van der Waals surface area contributed by atoms with Crippen LogP contribution < -0.4 is 0 Å². The molecule has 0 fully saturated rings. The number of aryl methyl sites for hydroxylation is 1. The number of hydrogen-bond donors (Lipinski definition) is 1. The molecule has 1 atom stereocenters. The lowest BCUT2D eigenvalue weighted by Crippen LogP contribution is -2.15. The molecule has 2 aromatic rings.